The topological polar surface area (TPSA) is 49.6 Å². The Balaban J connectivity index is 2.77. The third-order valence-electron chi connectivity index (χ3n) is 6.09. The van der Waals surface area contributed by atoms with Crippen molar-refractivity contribution in [2.75, 3.05) is 32.8 Å². The van der Waals surface area contributed by atoms with E-state index in [1.165, 1.54) is 51.4 Å². The molecule has 1 aliphatic rings. The maximum Gasteiger partial charge on any atom is 0.244 e. The molecule has 0 aromatic rings. The van der Waals surface area contributed by atoms with Gasteiger partial charge in [0.25, 0.3) is 0 Å². The van der Waals surface area contributed by atoms with E-state index in [4.69, 9.17) is 0 Å². The first kappa shape index (κ1) is 23.4. The molecule has 0 aromatic carbocycles. The Morgan fingerprint density at radius 2 is 1.35 bits per heavy atom. The lowest BCUT2D eigenvalue weighted by Crippen LogP contribution is -2.62. The van der Waals surface area contributed by atoms with Gasteiger partial charge in [-0.3, -0.25) is 19.9 Å². The lowest BCUT2D eigenvalue weighted by Gasteiger charge is -2.43. The van der Waals surface area contributed by atoms with Crippen LogP contribution in [0.3, 0.4) is 0 Å². The van der Waals surface area contributed by atoms with Crippen molar-refractivity contribution in [3.8, 4) is 0 Å². The summed E-state index contributed by atoms with van der Waals surface area (Å²) in [5, 5.41) is 11.8. The van der Waals surface area contributed by atoms with Gasteiger partial charge in [0.2, 0.25) is 5.54 Å². The van der Waals surface area contributed by atoms with E-state index in [0.29, 0.717) is 24.9 Å². The zero-order chi connectivity index (χ0) is 19.6. The first-order valence-corrected chi connectivity index (χ1v) is 11.0. The minimum Gasteiger partial charge on any atom is -0.283 e. The highest BCUT2D eigenvalue weighted by Crippen LogP contribution is 2.25. The first-order valence-electron chi connectivity index (χ1n) is 11.0. The van der Waals surface area contributed by atoms with Gasteiger partial charge >= 0.3 is 0 Å². The van der Waals surface area contributed by atoms with E-state index in [1.807, 2.05) is 6.92 Å². The van der Waals surface area contributed by atoms with Crippen LogP contribution in [0.4, 0.5) is 0 Å². The second kappa shape index (κ2) is 11.9. The molecule has 0 radical (unpaired) electrons. The second-order valence-electron chi connectivity index (χ2n) is 8.75. The standard InChI is InChI=1S/C21H43N3O2/c1-6-10-12-19(8-3)14-22-16-21(5,24(25)26)17-23(18-22)15-20(9-4)13-11-7-2/h19-20H,6-18H2,1-5H3. The lowest BCUT2D eigenvalue weighted by molar-refractivity contribution is -0.570. The Hall–Kier alpha value is -0.680. The van der Waals surface area contributed by atoms with Crippen molar-refractivity contribution < 1.29 is 4.92 Å². The van der Waals surface area contributed by atoms with Crippen molar-refractivity contribution in [3.05, 3.63) is 10.1 Å². The Morgan fingerprint density at radius 1 is 0.923 bits per heavy atom. The van der Waals surface area contributed by atoms with Crippen LogP contribution in [0, 0.1) is 22.0 Å². The molecular formula is C21H43N3O2. The molecule has 1 aliphatic heterocycles. The fourth-order valence-corrected chi connectivity index (χ4v) is 4.32. The quantitative estimate of drug-likeness (QED) is 0.337. The molecule has 0 spiro atoms. The molecule has 2 atom stereocenters. The Kier molecular flexibility index (Phi) is 10.7. The van der Waals surface area contributed by atoms with Crippen molar-refractivity contribution in [2.45, 2.75) is 91.5 Å². The van der Waals surface area contributed by atoms with Gasteiger partial charge in [-0.25, -0.2) is 0 Å². The van der Waals surface area contributed by atoms with Gasteiger partial charge in [-0.1, -0.05) is 66.2 Å². The smallest absolute Gasteiger partial charge is 0.244 e. The van der Waals surface area contributed by atoms with Crippen LogP contribution in [0.2, 0.25) is 0 Å². The summed E-state index contributed by atoms with van der Waals surface area (Å²) in [6.07, 6.45) is 9.80. The third kappa shape index (κ3) is 7.51. The molecule has 26 heavy (non-hydrogen) atoms. The maximum absolute atomic E-state index is 11.8. The molecule has 1 heterocycles. The number of nitro groups is 1. The van der Waals surface area contributed by atoms with E-state index in [1.54, 1.807) is 0 Å². The number of nitrogens with zero attached hydrogens (tertiary/aromatic N) is 3. The van der Waals surface area contributed by atoms with E-state index < -0.39 is 5.54 Å². The SMILES string of the molecule is CCCCC(CC)CN1CN(CC(CC)CCCC)CC(C)([N+](=O)[O-])C1. The van der Waals surface area contributed by atoms with Gasteiger partial charge in [0.05, 0.1) is 19.8 Å². The third-order valence-corrected chi connectivity index (χ3v) is 6.09. The number of unbranched alkanes of at least 4 members (excludes halogenated alkanes) is 2. The summed E-state index contributed by atoms with van der Waals surface area (Å²) < 4.78 is 0. The molecule has 1 fully saturated rings. The molecule has 154 valence electrons. The number of rotatable bonds is 13. The average Bonchev–Trinajstić information content (AvgIpc) is 2.61. The van der Waals surface area contributed by atoms with E-state index in [0.717, 1.165) is 19.8 Å². The van der Waals surface area contributed by atoms with Crippen molar-refractivity contribution in [2.24, 2.45) is 11.8 Å². The summed E-state index contributed by atoms with van der Waals surface area (Å²) in [4.78, 5) is 16.5. The second-order valence-corrected chi connectivity index (χ2v) is 8.75. The first-order chi connectivity index (χ1) is 12.4. The van der Waals surface area contributed by atoms with Crippen LogP contribution in [0.25, 0.3) is 0 Å². The molecule has 5 heteroatoms. The van der Waals surface area contributed by atoms with Crippen LogP contribution < -0.4 is 0 Å². The van der Waals surface area contributed by atoms with Gasteiger partial charge in [0, 0.05) is 24.9 Å². The monoisotopic (exact) mass is 369 g/mol. The van der Waals surface area contributed by atoms with Gasteiger partial charge < -0.3 is 0 Å². The van der Waals surface area contributed by atoms with Crippen LogP contribution in [0.15, 0.2) is 0 Å². The summed E-state index contributed by atoms with van der Waals surface area (Å²) in [5.74, 6) is 1.32. The Labute approximate surface area is 161 Å². The van der Waals surface area contributed by atoms with Crippen LogP contribution in [0.1, 0.15) is 86.0 Å². The number of hydrogen-bond acceptors (Lipinski definition) is 4. The average molecular weight is 370 g/mol. The fraction of sp³-hybridized carbons (Fsp3) is 1.00. The summed E-state index contributed by atoms with van der Waals surface area (Å²) in [5.41, 5.74) is -0.843. The van der Waals surface area contributed by atoms with Crippen molar-refractivity contribution in [1.29, 1.82) is 0 Å². The van der Waals surface area contributed by atoms with Crippen LogP contribution in [-0.4, -0.2) is 53.1 Å². The zero-order valence-electron chi connectivity index (χ0n) is 18.0. The van der Waals surface area contributed by atoms with E-state index in [-0.39, 0.29) is 4.92 Å². The lowest BCUT2D eigenvalue weighted by atomic mass is 9.93. The molecule has 0 N–H and O–H groups in total. The highest BCUT2D eigenvalue weighted by atomic mass is 16.6. The van der Waals surface area contributed by atoms with Crippen molar-refractivity contribution in [1.82, 2.24) is 9.80 Å². The zero-order valence-corrected chi connectivity index (χ0v) is 18.0. The molecule has 1 saturated heterocycles. The molecule has 0 bridgehead atoms. The van der Waals surface area contributed by atoms with E-state index in [2.05, 4.69) is 37.5 Å². The van der Waals surface area contributed by atoms with Crippen LogP contribution in [-0.2, 0) is 0 Å². The summed E-state index contributed by atoms with van der Waals surface area (Å²) >= 11 is 0. The highest BCUT2D eigenvalue weighted by molar-refractivity contribution is 4.88. The molecule has 0 amide bonds. The minimum absolute atomic E-state index is 0.0356. The van der Waals surface area contributed by atoms with Gasteiger partial charge in [0.15, 0.2) is 0 Å². The van der Waals surface area contributed by atoms with Gasteiger partial charge in [-0.2, -0.15) is 0 Å². The van der Waals surface area contributed by atoms with Gasteiger partial charge in [-0.05, 0) is 24.7 Å². The van der Waals surface area contributed by atoms with Gasteiger partial charge in [-0.15, -0.1) is 0 Å². The minimum atomic E-state index is -0.843. The van der Waals surface area contributed by atoms with Crippen molar-refractivity contribution >= 4 is 0 Å². The number of hydrogen-bond donors (Lipinski definition) is 0. The summed E-state index contributed by atoms with van der Waals surface area (Å²) in [6, 6.07) is 0. The van der Waals surface area contributed by atoms with Crippen molar-refractivity contribution in [3.63, 3.8) is 0 Å². The summed E-state index contributed by atoms with van der Waals surface area (Å²) in [6.45, 7) is 14.9. The molecule has 5 nitrogen and oxygen atoms in total. The molecule has 1 rings (SSSR count). The predicted molar refractivity (Wildman–Crippen MR) is 110 cm³/mol. The molecule has 0 aliphatic carbocycles. The fourth-order valence-electron chi connectivity index (χ4n) is 4.32. The summed E-state index contributed by atoms with van der Waals surface area (Å²) in [7, 11) is 0. The normalized spacial score (nSPS) is 24.5. The van der Waals surface area contributed by atoms with Gasteiger partial charge in [0.1, 0.15) is 0 Å². The largest absolute Gasteiger partial charge is 0.283 e. The molecule has 2 unspecified atom stereocenters. The highest BCUT2D eigenvalue weighted by Gasteiger charge is 2.45. The van der Waals surface area contributed by atoms with E-state index >= 15 is 0 Å². The van der Waals surface area contributed by atoms with Crippen LogP contribution in [0.5, 0.6) is 0 Å². The Bertz CT molecular complexity index is 377. The van der Waals surface area contributed by atoms with Crippen LogP contribution >= 0.6 is 0 Å². The molecule has 0 aromatic heterocycles. The Morgan fingerprint density at radius 3 is 1.65 bits per heavy atom. The maximum atomic E-state index is 11.8. The van der Waals surface area contributed by atoms with E-state index in [9.17, 15) is 10.1 Å². The predicted octanol–water partition coefficient (Wildman–Crippen LogP) is 5.03. The molecular weight excluding hydrogens is 326 g/mol. The molecule has 0 saturated carbocycles.